The predicted octanol–water partition coefficient (Wildman–Crippen LogP) is 4.23. The molecule has 5 rings (SSSR count). The zero-order chi connectivity index (χ0) is 23.5. The number of rotatable bonds is 6. The minimum Gasteiger partial charge on any atom is -0.448 e. The topological polar surface area (TPSA) is 107 Å². The number of benzene rings is 2. The minimum absolute atomic E-state index is 0.182. The Morgan fingerprint density at radius 2 is 1.82 bits per heavy atom. The molecule has 1 aliphatic heterocycles. The normalized spacial score (nSPS) is 15.8. The summed E-state index contributed by atoms with van der Waals surface area (Å²) < 4.78 is 14.0. The lowest BCUT2D eigenvalue weighted by atomic mass is 9.94. The summed E-state index contributed by atoms with van der Waals surface area (Å²) in [5.74, 6) is 0.515. The Balaban J connectivity index is 1.20. The number of fused-ring (bicyclic) bond motifs is 1. The van der Waals surface area contributed by atoms with Crippen LogP contribution < -0.4 is 20.1 Å². The van der Waals surface area contributed by atoms with E-state index in [4.69, 9.17) is 9.47 Å². The standard InChI is InChI=1S/C24H25N5O4S/c1-29-15-25-28-23(29)34-14-21(30)26-17-7-5-6-16(12-17)22(31)27-18-8-9-19-20(13-18)33-24(32-19)10-3-2-4-11-24/h5-9,12-13,15H,2-4,10-11,14H2,1H3,(H,26,30)(H,27,31). The van der Waals surface area contributed by atoms with Crippen molar-refractivity contribution in [3.05, 3.63) is 54.4 Å². The lowest BCUT2D eigenvalue weighted by molar-refractivity contribution is -0.113. The summed E-state index contributed by atoms with van der Waals surface area (Å²) in [4.78, 5) is 25.2. The summed E-state index contributed by atoms with van der Waals surface area (Å²) in [6.45, 7) is 0. The van der Waals surface area contributed by atoms with Gasteiger partial charge in [-0.25, -0.2) is 0 Å². The number of anilines is 2. The third-order valence-corrected chi connectivity index (χ3v) is 6.85. The highest BCUT2D eigenvalue weighted by molar-refractivity contribution is 7.99. The van der Waals surface area contributed by atoms with Crippen molar-refractivity contribution in [2.45, 2.75) is 43.0 Å². The highest BCUT2D eigenvalue weighted by atomic mass is 32.2. The Hall–Kier alpha value is -3.53. The van der Waals surface area contributed by atoms with Crippen LogP contribution in [0.25, 0.3) is 0 Å². The molecule has 176 valence electrons. The average Bonchev–Trinajstić information content (AvgIpc) is 3.40. The first-order chi connectivity index (χ1) is 16.5. The maximum absolute atomic E-state index is 12.8. The smallest absolute Gasteiger partial charge is 0.255 e. The van der Waals surface area contributed by atoms with E-state index in [0.29, 0.717) is 33.6 Å². The van der Waals surface area contributed by atoms with Crippen LogP contribution in [-0.2, 0) is 11.8 Å². The Kier molecular flexibility index (Phi) is 6.14. The van der Waals surface area contributed by atoms with E-state index in [2.05, 4.69) is 20.8 Å². The molecule has 1 fully saturated rings. The summed E-state index contributed by atoms with van der Waals surface area (Å²) in [6.07, 6.45) is 6.70. The number of ether oxygens (including phenoxy) is 2. The van der Waals surface area contributed by atoms with Crippen LogP contribution in [0, 0.1) is 0 Å². The van der Waals surface area contributed by atoms with E-state index in [0.717, 1.165) is 25.7 Å². The van der Waals surface area contributed by atoms with Gasteiger partial charge in [-0.1, -0.05) is 24.2 Å². The Morgan fingerprint density at radius 1 is 1.03 bits per heavy atom. The number of nitrogens with one attached hydrogen (secondary N) is 2. The van der Waals surface area contributed by atoms with Gasteiger partial charge in [-0.2, -0.15) is 0 Å². The number of carbonyl (C=O) groups excluding carboxylic acids is 2. The summed E-state index contributed by atoms with van der Waals surface area (Å²) in [6, 6.07) is 12.2. The fourth-order valence-electron chi connectivity index (χ4n) is 4.14. The summed E-state index contributed by atoms with van der Waals surface area (Å²) in [5.41, 5.74) is 1.59. The van der Waals surface area contributed by atoms with Crippen molar-refractivity contribution in [1.82, 2.24) is 14.8 Å². The van der Waals surface area contributed by atoms with Gasteiger partial charge in [0.15, 0.2) is 16.7 Å². The second-order valence-electron chi connectivity index (χ2n) is 8.43. The fourth-order valence-corrected chi connectivity index (χ4v) is 4.83. The van der Waals surface area contributed by atoms with E-state index in [9.17, 15) is 9.59 Å². The number of aryl methyl sites for hydroxylation is 1. The van der Waals surface area contributed by atoms with Crippen LogP contribution in [0.4, 0.5) is 11.4 Å². The van der Waals surface area contributed by atoms with Crippen molar-refractivity contribution in [2.75, 3.05) is 16.4 Å². The van der Waals surface area contributed by atoms with E-state index < -0.39 is 5.79 Å². The molecule has 1 saturated carbocycles. The predicted molar refractivity (Wildman–Crippen MR) is 128 cm³/mol. The van der Waals surface area contributed by atoms with Gasteiger partial charge in [-0.15, -0.1) is 10.2 Å². The average molecular weight is 480 g/mol. The van der Waals surface area contributed by atoms with E-state index in [1.165, 1.54) is 18.2 Å². The van der Waals surface area contributed by atoms with E-state index >= 15 is 0 Å². The summed E-state index contributed by atoms with van der Waals surface area (Å²) >= 11 is 1.29. The number of thioether (sulfide) groups is 1. The molecule has 0 radical (unpaired) electrons. The Labute approximate surface area is 201 Å². The first-order valence-corrected chi connectivity index (χ1v) is 12.2. The lowest BCUT2D eigenvalue weighted by Gasteiger charge is -2.31. The maximum Gasteiger partial charge on any atom is 0.255 e. The SMILES string of the molecule is Cn1cnnc1SCC(=O)Nc1cccc(C(=O)Nc2ccc3c(c2)OC2(CCCCC2)O3)c1. The molecule has 0 saturated heterocycles. The van der Waals surface area contributed by atoms with Crippen molar-refractivity contribution >= 4 is 35.0 Å². The summed E-state index contributed by atoms with van der Waals surface area (Å²) in [7, 11) is 1.82. The van der Waals surface area contributed by atoms with Crippen LogP contribution in [-0.4, -0.2) is 38.1 Å². The second-order valence-corrected chi connectivity index (χ2v) is 9.38. The van der Waals surface area contributed by atoms with Gasteiger partial charge in [0.2, 0.25) is 5.91 Å². The maximum atomic E-state index is 12.8. The van der Waals surface area contributed by atoms with Gasteiger partial charge in [0, 0.05) is 42.9 Å². The van der Waals surface area contributed by atoms with Crippen LogP contribution in [0.3, 0.4) is 0 Å². The van der Waals surface area contributed by atoms with E-state index in [1.54, 1.807) is 47.3 Å². The van der Waals surface area contributed by atoms with Gasteiger partial charge in [-0.3, -0.25) is 9.59 Å². The Morgan fingerprint density at radius 3 is 2.62 bits per heavy atom. The molecule has 2 N–H and O–H groups in total. The monoisotopic (exact) mass is 479 g/mol. The van der Waals surface area contributed by atoms with Crippen LogP contribution in [0.1, 0.15) is 42.5 Å². The van der Waals surface area contributed by atoms with Crippen LogP contribution in [0.2, 0.25) is 0 Å². The quantitative estimate of drug-likeness (QED) is 0.510. The fraction of sp³-hybridized carbons (Fsp3) is 0.333. The number of nitrogens with zero attached hydrogens (tertiary/aromatic N) is 3. The highest BCUT2D eigenvalue weighted by Crippen LogP contribution is 2.46. The lowest BCUT2D eigenvalue weighted by Crippen LogP contribution is -2.40. The molecule has 0 atom stereocenters. The van der Waals surface area contributed by atoms with Gasteiger partial charge in [0.1, 0.15) is 6.33 Å². The van der Waals surface area contributed by atoms with Crippen molar-refractivity contribution in [2.24, 2.45) is 7.05 Å². The third-order valence-electron chi connectivity index (χ3n) is 5.82. The molecule has 3 aromatic rings. The van der Waals surface area contributed by atoms with E-state index in [1.807, 2.05) is 13.1 Å². The number of aromatic nitrogens is 3. The molecule has 0 bridgehead atoms. The van der Waals surface area contributed by atoms with Crippen LogP contribution >= 0.6 is 11.8 Å². The van der Waals surface area contributed by atoms with Crippen molar-refractivity contribution < 1.29 is 19.1 Å². The molecule has 1 spiro atoms. The molecule has 2 heterocycles. The zero-order valence-electron chi connectivity index (χ0n) is 18.7. The molecule has 34 heavy (non-hydrogen) atoms. The molecule has 1 aliphatic carbocycles. The second kappa shape index (κ2) is 9.38. The van der Waals surface area contributed by atoms with Crippen LogP contribution in [0.15, 0.2) is 53.9 Å². The van der Waals surface area contributed by atoms with Gasteiger partial charge in [0.25, 0.3) is 11.7 Å². The molecule has 0 unspecified atom stereocenters. The molecule has 1 aromatic heterocycles. The number of hydrogen-bond acceptors (Lipinski definition) is 7. The third kappa shape index (κ3) is 4.86. The molecule has 10 heteroatoms. The van der Waals surface area contributed by atoms with Gasteiger partial charge >= 0.3 is 0 Å². The zero-order valence-corrected chi connectivity index (χ0v) is 19.6. The number of hydrogen-bond donors (Lipinski definition) is 2. The molecule has 9 nitrogen and oxygen atoms in total. The molecule has 2 aliphatic rings. The molecule has 2 amide bonds. The summed E-state index contributed by atoms with van der Waals surface area (Å²) in [5, 5.41) is 14.1. The van der Waals surface area contributed by atoms with Crippen molar-refractivity contribution in [3.8, 4) is 11.5 Å². The first-order valence-electron chi connectivity index (χ1n) is 11.2. The van der Waals surface area contributed by atoms with E-state index in [-0.39, 0.29) is 17.6 Å². The number of carbonyl (C=O) groups is 2. The largest absolute Gasteiger partial charge is 0.448 e. The highest BCUT2D eigenvalue weighted by Gasteiger charge is 2.42. The molecule has 2 aromatic carbocycles. The van der Waals surface area contributed by atoms with Gasteiger partial charge in [-0.05, 0) is 43.2 Å². The number of amides is 2. The Bertz CT molecular complexity index is 1220. The van der Waals surface area contributed by atoms with Crippen molar-refractivity contribution in [1.29, 1.82) is 0 Å². The minimum atomic E-state index is -0.555. The van der Waals surface area contributed by atoms with Crippen LogP contribution in [0.5, 0.6) is 11.5 Å². The molecular formula is C24H25N5O4S. The van der Waals surface area contributed by atoms with Gasteiger partial charge in [0.05, 0.1) is 5.75 Å². The first kappa shape index (κ1) is 22.3. The molecular weight excluding hydrogens is 454 g/mol. The van der Waals surface area contributed by atoms with Gasteiger partial charge < -0.3 is 24.7 Å². The van der Waals surface area contributed by atoms with Crippen molar-refractivity contribution in [3.63, 3.8) is 0 Å².